The summed E-state index contributed by atoms with van der Waals surface area (Å²) in [5.41, 5.74) is 6.84. The van der Waals surface area contributed by atoms with Gasteiger partial charge in [0.25, 0.3) is 0 Å². The van der Waals surface area contributed by atoms with Gasteiger partial charge in [0.05, 0.1) is 18.7 Å². The number of para-hydroxylation sites is 2. The van der Waals surface area contributed by atoms with E-state index in [-0.39, 0.29) is 5.91 Å². The zero-order valence-corrected chi connectivity index (χ0v) is 11.7. The van der Waals surface area contributed by atoms with E-state index in [9.17, 15) is 4.79 Å². The molecule has 1 aromatic rings. The molecule has 0 aliphatic heterocycles. The summed E-state index contributed by atoms with van der Waals surface area (Å²) in [6.45, 7) is 1.22. The first-order valence-electron chi connectivity index (χ1n) is 7.44. The largest absolute Gasteiger partial charge is 0.491 e. The lowest BCUT2D eigenvalue weighted by atomic mass is 10.0. The quantitative estimate of drug-likeness (QED) is 0.750. The Hall–Kier alpha value is -1.71. The topological polar surface area (TPSA) is 64.3 Å². The normalized spacial score (nSPS) is 19.4. The maximum atomic E-state index is 11.8. The van der Waals surface area contributed by atoms with Crippen molar-refractivity contribution in [3.05, 3.63) is 24.3 Å². The average Bonchev–Trinajstić information content (AvgIpc) is 3.31. The van der Waals surface area contributed by atoms with E-state index in [4.69, 9.17) is 10.5 Å². The third kappa shape index (κ3) is 3.06. The highest BCUT2D eigenvalue weighted by Gasteiger charge is 2.53. The second-order valence-electron chi connectivity index (χ2n) is 6.05. The molecule has 2 aliphatic rings. The summed E-state index contributed by atoms with van der Waals surface area (Å²) < 4.78 is 5.53. The standard InChI is InChI=1S/C16H22N2O2/c17-13-3-1-2-4-14(13)20-10-7-15(19)18-11-16(8-9-16)12-5-6-12/h1-4,12H,5-11,17H2,(H,18,19). The number of ether oxygens (including phenoxy) is 1. The lowest BCUT2D eigenvalue weighted by Gasteiger charge is -2.15. The van der Waals surface area contributed by atoms with Crippen LogP contribution < -0.4 is 15.8 Å². The maximum Gasteiger partial charge on any atom is 0.223 e. The van der Waals surface area contributed by atoms with Gasteiger partial charge in [-0.1, -0.05) is 12.1 Å². The van der Waals surface area contributed by atoms with Crippen molar-refractivity contribution in [1.82, 2.24) is 5.32 Å². The summed E-state index contributed by atoms with van der Waals surface area (Å²) in [5.74, 6) is 1.60. The van der Waals surface area contributed by atoms with Gasteiger partial charge in [0.2, 0.25) is 5.91 Å². The minimum atomic E-state index is 0.0754. The molecule has 0 heterocycles. The Morgan fingerprint density at radius 1 is 1.35 bits per heavy atom. The number of anilines is 1. The zero-order valence-electron chi connectivity index (χ0n) is 11.7. The Labute approximate surface area is 119 Å². The van der Waals surface area contributed by atoms with Crippen molar-refractivity contribution in [3.8, 4) is 5.75 Å². The summed E-state index contributed by atoms with van der Waals surface area (Å²) in [6.07, 6.45) is 5.66. The molecular formula is C16H22N2O2. The third-order valence-corrected chi connectivity index (χ3v) is 4.48. The van der Waals surface area contributed by atoms with Gasteiger partial charge in [0.15, 0.2) is 0 Å². The van der Waals surface area contributed by atoms with Crippen LogP contribution in [-0.4, -0.2) is 19.1 Å². The van der Waals surface area contributed by atoms with Crippen molar-refractivity contribution in [2.24, 2.45) is 11.3 Å². The van der Waals surface area contributed by atoms with Crippen LogP contribution in [0.25, 0.3) is 0 Å². The van der Waals surface area contributed by atoms with E-state index in [1.54, 1.807) is 6.07 Å². The van der Waals surface area contributed by atoms with Crippen LogP contribution in [0.15, 0.2) is 24.3 Å². The molecule has 2 saturated carbocycles. The number of hydrogen-bond donors (Lipinski definition) is 2. The Bertz CT molecular complexity index is 493. The molecule has 0 aromatic heterocycles. The van der Waals surface area contributed by atoms with Crippen LogP contribution in [-0.2, 0) is 4.79 Å². The molecule has 3 rings (SSSR count). The van der Waals surface area contributed by atoms with E-state index in [1.165, 1.54) is 25.7 Å². The molecule has 4 heteroatoms. The van der Waals surface area contributed by atoms with Gasteiger partial charge in [-0.3, -0.25) is 4.79 Å². The Balaban J connectivity index is 1.36. The molecule has 0 spiro atoms. The first-order chi connectivity index (χ1) is 9.70. The summed E-state index contributed by atoms with van der Waals surface area (Å²) in [7, 11) is 0. The highest BCUT2D eigenvalue weighted by molar-refractivity contribution is 5.76. The van der Waals surface area contributed by atoms with Gasteiger partial charge in [-0.25, -0.2) is 0 Å². The number of carbonyl (C=O) groups excluding carboxylic acids is 1. The Morgan fingerprint density at radius 2 is 2.10 bits per heavy atom. The fraction of sp³-hybridized carbons (Fsp3) is 0.562. The first-order valence-corrected chi connectivity index (χ1v) is 7.44. The molecule has 0 atom stereocenters. The van der Waals surface area contributed by atoms with Crippen LogP contribution in [0.1, 0.15) is 32.1 Å². The first kappa shape index (κ1) is 13.3. The number of nitrogen functional groups attached to an aromatic ring is 1. The molecule has 1 amide bonds. The summed E-state index contributed by atoms with van der Waals surface area (Å²) in [5, 5.41) is 3.06. The molecule has 3 N–H and O–H groups in total. The molecular weight excluding hydrogens is 252 g/mol. The second-order valence-corrected chi connectivity index (χ2v) is 6.05. The number of rotatable bonds is 7. The van der Waals surface area contributed by atoms with Gasteiger partial charge in [-0.15, -0.1) is 0 Å². The highest BCUT2D eigenvalue weighted by atomic mass is 16.5. The number of hydrogen-bond acceptors (Lipinski definition) is 3. The van der Waals surface area contributed by atoms with Crippen molar-refractivity contribution >= 4 is 11.6 Å². The van der Waals surface area contributed by atoms with Crippen molar-refractivity contribution in [3.63, 3.8) is 0 Å². The Morgan fingerprint density at radius 3 is 2.75 bits per heavy atom. The predicted octanol–water partition coefficient (Wildman–Crippen LogP) is 2.34. The monoisotopic (exact) mass is 274 g/mol. The van der Waals surface area contributed by atoms with Gasteiger partial charge in [0.1, 0.15) is 5.75 Å². The van der Waals surface area contributed by atoms with Gasteiger partial charge in [-0.05, 0) is 49.1 Å². The van der Waals surface area contributed by atoms with E-state index in [2.05, 4.69) is 5.32 Å². The molecule has 20 heavy (non-hydrogen) atoms. The third-order valence-electron chi connectivity index (χ3n) is 4.48. The predicted molar refractivity (Wildman–Crippen MR) is 78.4 cm³/mol. The van der Waals surface area contributed by atoms with E-state index in [0.29, 0.717) is 29.9 Å². The smallest absolute Gasteiger partial charge is 0.223 e. The van der Waals surface area contributed by atoms with Gasteiger partial charge in [0, 0.05) is 6.54 Å². The number of nitrogens with one attached hydrogen (secondary N) is 1. The summed E-state index contributed by atoms with van der Waals surface area (Å²) in [6, 6.07) is 7.35. The number of amides is 1. The fourth-order valence-electron chi connectivity index (χ4n) is 2.81. The number of benzene rings is 1. The lowest BCUT2D eigenvalue weighted by Crippen LogP contribution is -2.32. The number of nitrogens with two attached hydrogens (primary N) is 1. The fourth-order valence-corrected chi connectivity index (χ4v) is 2.81. The van der Waals surface area contributed by atoms with Gasteiger partial charge in [-0.2, -0.15) is 0 Å². The number of carbonyl (C=O) groups is 1. The van der Waals surface area contributed by atoms with E-state index < -0.39 is 0 Å². The van der Waals surface area contributed by atoms with Crippen LogP contribution >= 0.6 is 0 Å². The van der Waals surface area contributed by atoms with E-state index >= 15 is 0 Å². The second kappa shape index (κ2) is 5.35. The SMILES string of the molecule is Nc1ccccc1OCCC(=O)NCC1(C2CC2)CC1. The van der Waals surface area contributed by atoms with Crippen LogP contribution in [0, 0.1) is 11.3 Å². The zero-order chi connectivity index (χ0) is 14.0. The van der Waals surface area contributed by atoms with Gasteiger partial charge >= 0.3 is 0 Å². The van der Waals surface area contributed by atoms with Crippen molar-refractivity contribution < 1.29 is 9.53 Å². The summed E-state index contributed by atoms with van der Waals surface area (Å²) in [4.78, 5) is 11.8. The van der Waals surface area contributed by atoms with E-state index in [1.807, 2.05) is 18.2 Å². The molecule has 2 aliphatic carbocycles. The van der Waals surface area contributed by atoms with Crippen LogP contribution in [0.4, 0.5) is 5.69 Å². The molecule has 4 nitrogen and oxygen atoms in total. The minimum Gasteiger partial charge on any atom is -0.491 e. The van der Waals surface area contributed by atoms with Crippen molar-refractivity contribution in [2.75, 3.05) is 18.9 Å². The van der Waals surface area contributed by atoms with Crippen molar-refractivity contribution in [1.29, 1.82) is 0 Å². The van der Waals surface area contributed by atoms with Crippen LogP contribution in [0.5, 0.6) is 5.75 Å². The molecule has 108 valence electrons. The van der Waals surface area contributed by atoms with Crippen LogP contribution in [0.2, 0.25) is 0 Å². The highest BCUT2D eigenvalue weighted by Crippen LogP contribution is 2.60. The minimum absolute atomic E-state index is 0.0754. The molecule has 0 radical (unpaired) electrons. The van der Waals surface area contributed by atoms with Crippen LogP contribution in [0.3, 0.4) is 0 Å². The molecule has 0 unspecified atom stereocenters. The molecule has 2 fully saturated rings. The Kier molecular flexibility index (Phi) is 3.55. The lowest BCUT2D eigenvalue weighted by molar-refractivity contribution is -0.121. The maximum absolute atomic E-state index is 11.8. The molecule has 0 saturated heterocycles. The van der Waals surface area contributed by atoms with E-state index in [0.717, 1.165) is 12.5 Å². The average molecular weight is 274 g/mol. The molecule has 0 bridgehead atoms. The van der Waals surface area contributed by atoms with Crippen molar-refractivity contribution in [2.45, 2.75) is 32.1 Å². The van der Waals surface area contributed by atoms with Gasteiger partial charge < -0.3 is 15.8 Å². The molecule has 1 aromatic carbocycles. The summed E-state index contributed by atoms with van der Waals surface area (Å²) >= 11 is 0.